The van der Waals surface area contributed by atoms with Gasteiger partial charge in [-0.15, -0.1) is 0 Å². The van der Waals surface area contributed by atoms with E-state index in [9.17, 15) is 9.59 Å². The molecule has 2 atom stereocenters. The van der Waals surface area contributed by atoms with Crippen molar-refractivity contribution in [2.45, 2.75) is 97.2 Å². The highest BCUT2D eigenvalue weighted by Gasteiger charge is 2.21. The van der Waals surface area contributed by atoms with E-state index in [0.29, 0.717) is 18.0 Å². The molecule has 208 valence electrons. The minimum Gasteiger partial charge on any atom is -0.342 e. The highest BCUT2D eigenvalue weighted by Crippen LogP contribution is 2.30. The minimum absolute atomic E-state index is 0.179. The Balaban J connectivity index is 1.87. The summed E-state index contributed by atoms with van der Waals surface area (Å²) < 4.78 is 0. The fraction of sp³-hybridized carbons (Fsp3) is 0.576. The molecule has 1 N–H and O–H groups in total. The molecule has 4 nitrogen and oxygen atoms in total. The number of hydrogen-bond donors (Lipinski definition) is 1. The lowest BCUT2D eigenvalue weighted by Gasteiger charge is -2.32. The van der Waals surface area contributed by atoms with Crippen molar-refractivity contribution < 1.29 is 9.59 Å². The Labute approximate surface area is 235 Å². The molecule has 2 aromatic rings. The first-order valence-electron chi connectivity index (χ1n) is 14.6. The van der Waals surface area contributed by atoms with Gasteiger partial charge in [-0.1, -0.05) is 75.8 Å². The van der Waals surface area contributed by atoms with Gasteiger partial charge in [0.25, 0.3) is 5.91 Å². The van der Waals surface area contributed by atoms with Gasteiger partial charge in [0.1, 0.15) is 6.29 Å². The molecular formula is C33H48N2O2S. The summed E-state index contributed by atoms with van der Waals surface area (Å²) in [5.41, 5.74) is 5.03. The third kappa shape index (κ3) is 8.98. The molecule has 2 aromatic carbocycles. The van der Waals surface area contributed by atoms with Gasteiger partial charge < -0.3 is 10.1 Å². The number of benzene rings is 2. The molecule has 0 unspecified atom stereocenters. The molecule has 1 fully saturated rings. The molecule has 0 aromatic heterocycles. The van der Waals surface area contributed by atoms with Crippen molar-refractivity contribution in [1.82, 2.24) is 10.2 Å². The van der Waals surface area contributed by atoms with Crippen LogP contribution in [0.5, 0.6) is 0 Å². The molecule has 0 spiro atoms. The highest BCUT2D eigenvalue weighted by molar-refractivity contribution is 7.98. The predicted molar refractivity (Wildman–Crippen MR) is 163 cm³/mol. The third-order valence-electron chi connectivity index (χ3n) is 8.14. The Bertz CT molecular complexity index is 1020. The molecule has 38 heavy (non-hydrogen) atoms. The number of aryl methyl sites for hydroxylation is 1. The van der Waals surface area contributed by atoms with E-state index in [-0.39, 0.29) is 5.91 Å². The quantitative estimate of drug-likeness (QED) is 0.237. The molecule has 0 aliphatic heterocycles. The van der Waals surface area contributed by atoms with E-state index in [4.69, 9.17) is 0 Å². The van der Waals surface area contributed by atoms with Gasteiger partial charge in [0.15, 0.2) is 0 Å². The van der Waals surface area contributed by atoms with Crippen molar-refractivity contribution in [3.63, 3.8) is 0 Å². The van der Waals surface area contributed by atoms with Crippen LogP contribution in [0.2, 0.25) is 0 Å². The number of carbonyl (C=O) groups excluding carboxylic acids is 2. The van der Waals surface area contributed by atoms with Gasteiger partial charge in [-0.3, -0.25) is 9.69 Å². The fourth-order valence-electron chi connectivity index (χ4n) is 5.77. The summed E-state index contributed by atoms with van der Waals surface area (Å²) in [4.78, 5) is 27.7. The standard InChI is InChI=1S/C33H48N2O2S/c1-5-11-26(3)35(20-18-27-13-7-6-8-14-27)23-28-16-17-31(33(37)34-29(24-36)19-21-38-4)32(22-28)30-15-10-9-12-25(30)2/h9-10,12,15-17,22,24,26-27,29H,5-8,11,13-14,18-21,23H2,1-4H3,(H,34,37)/t26-,29+/m1/s1. The summed E-state index contributed by atoms with van der Waals surface area (Å²) in [6, 6.07) is 14.6. The molecular weight excluding hydrogens is 488 g/mol. The molecule has 0 heterocycles. The molecule has 1 saturated carbocycles. The van der Waals surface area contributed by atoms with Crippen molar-refractivity contribution in [2.24, 2.45) is 5.92 Å². The monoisotopic (exact) mass is 536 g/mol. The first kappa shape index (κ1) is 30.4. The maximum Gasteiger partial charge on any atom is 0.252 e. The van der Waals surface area contributed by atoms with Crippen LogP contribution in [0, 0.1) is 12.8 Å². The summed E-state index contributed by atoms with van der Waals surface area (Å²) in [6.07, 6.45) is 14.1. The average molecular weight is 537 g/mol. The zero-order valence-electron chi connectivity index (χ0n) is 24.0. The first-order chi connectivity index (χ1) is 18.5. The lowest BCUT2D eigenvalue weighted by atomic mass is 9.86. The van der Waals surface area contributed by atoms with E-state index in [2.05, 4.69) is 55.3 Å². The number of rotatable bonds is 15. The first-order valence-corrected chi connectivity index (χ1v) is 16.0. The van der Waals surface area contributed by atoms with Gasteiger partial charge in [0, 0.05) is 18.2 Å². The number of amides is 1. The molecule has 1 aliphatic rings. The van der Waals surface area contributed by atoms with Crippen LogP contribution in [0.3, 0.4) is 0 Å². The minimum atomic E-state index is -0.468. The van der Waals surface area contributed by atoms with Crippen molar-refractivity contribution in [1.29, 1.82) is 0 Å². The zero-order valence-corrected chi connectivity index (χ0v) is 24.8. The number of carbonyl (C=O) groups is 2. The Kier molecular flexibility index (Phi) is 12.9. The fourth-order valence-corrected chi connectivity index (χ4v) is 6.25. The maximum atomic E-state index is 13.4. The summed E-state index contributed by atoms with van der Waals surface area (Å²) in [5.74, 6) is 1.52. The molecule has 3 rings (SSSR count). The van der Waals surface area contributed by atoms with Crippen molar-refractivity contribution >= 4 is 24.0 Å². The normalized spacial score (nSPS) is 15.8. The molecule has 1 aliphatic carbocycles. The topological polar surface area (TPSA) is 49.4 Å². The maximum absolute atomic E-state index is 13.4. The van der Waals surface area contributed by atoms with Crippen molar-refractivity contribution in [3.8, 4) is 11.1 Å². The van der Waals surface area contributed by atoms with Crippen molar-refractivity contribution in [3.05, 3.63) is 59.2 Å². The Morgan fingerprint density at radius 1 is 1.11 bits per heavy atom. The van der Waals surface area contributed by atoms with Gasteiger partial charge in [-0.25, -0.2) is 0 Å². The molecule has 0 bridgehead atoms. The third-order valence-corrected chi connectivity index (χ3v) is 8.79. The van der Waals surface area contributed by atoms with Gasteiger partial charge in [-0.2, -0.15) is 11.8 Å². The number of thioether (sulfide) groups is 1. The molecule has 0 radical (unpaired) electrons. The van der Waals surface area contributed by atoms with Crippen LogP contribution in [0.25, 0.3) is 11.1 Å². The Morgan fingerprint density at radius 2 is 1.87 bits per heavy atom. The molecule has 0 saturated heterocycles. The largest absolute Gasteiger partial charge is 0.342 e. The lowest BCUT2D eigenvalue weighted by molar-refractivity contribution is -0.109. The second-order valence-corrected chi connectivity index (χ2v) is 12.1. The summed E-state index contributed by atoms with van der Waals surface area (Å²) in [5, 5.41) is 2.97. The van der Waals surface area contributed by atoms with Crippen molar-refractivity contribution in [2.75, 3.05) is 18.6 Å². The Morgan fingerprint density at radius 3 is 2.55 bits per heavy atom. The van der Waals surface area contributed by atoms with E-state index in [1.807, 2.05) is 24.5 Å². The zero-order chi connectivity index (χ0) is 27.3. The van der Waals surface area contributed by atoms with Gasteiger partial charge in [0.2, 0.25) is 0 Å². The van der Waals surface area contributed by atoms with Gasteiger partial charge >= 0.3 is 0 Å². The number of aldehydes is 1. The smallest absolute Gasteiger partial charge is 0.252 e. The number of nitrogens with one attached hydrogen (secondary N) is 1. The van der Waals surface area contributed by atoms with E-state index in [1.54, 1.807) is 11.8 Å². The second-order valence-electron chi connectivity index (χ2n) is 11.1. The van der Waals surface area contributed by atoms with Crippen LogP contribution >= 0.6 is 11.8 Å². The average Bonchev–Trinajstić information content (AvgIpc) is 2.94. The van der Waals surface area contributed by atoms with E-state index in [0.717, 1.165) is 47.7 Å². The number of hydrogen-bond acceptors (Lipinski definition) is 4. The lowest BCUT2D eigenvalue weighted by Crippen LogP contribution is -2.37. The van der Waals surface area contributed by atoms with Crippen LogP contribution in [0.4, 0.5) is 0 Å². The van der Waals surface area contributed by atoms with Crippen LogP contribution in [-0.4, -0.2) is 47.7 Å². The van der Waals surface area contributed by atoms with Crippen LogP contribution in [-0.2, 0) is 11.3 Å². The SMILES string of the molecule is CCC[C@@H](C)N(CCC1CCCCC1)Cc1ccc(C(=O)N[C@H](C=O)CCSC)c(-c2ccccc2C)c1. The van der Waals surface area contributed by atoms with E-state index in [1.165, 1.54) is 56.9 Å². The second kappa shape index (κ2) is 16.1. The van der Waals surface area contributed by atoms with Crippen LogP contribution < -0.4 is 5.32 Å². The van der Waals surface area contributed by atoms with E-state index >= 15 is 0 Å². The summed E-state index contributed by atoms with van der Waals surface area (Å²) in [7, 11) is 0. The van der Waals surface area contributed by atoms with Gasteiger partial charge in [-0.05, 0) is 92.0 Å². The molecule has 5 heteroatoms. The van der Waals surface area contributed by atoms with Gasteiger partial charge in [0.05, 0.1) is 6.04 Å². The summed E-state index contributed by atoms with van der Waals surface area (Å²) >= 11 is 1.68. The predicted octanol–water partition coefficient (Wildman–Crippen LogP) is 7.67. The Hall–Kier alpha value is -2.11. The highest BCUT2D eigenvalue weighted by atomic mass is 32.2. The molecule has 1 amide bonds. The van der Waals surface area contributed by atoms with Crippen LogP contribution in [0.15, 0.2) is 42.5 Å². The van der Waals surface area contributed by atoms with Crippen LogP contribution in [0.1, 0.15) is 93.1 Å². The summed E-state index contributed by atoms with van der Waals surface area (Å²) in [6.45, 7) is 8.74. The van der Waals surface area contributed by atoms with E-state index < -0.39 is 6.04 Å². The number of nitrogens with zero attached hydrogens (tertiary/aromatic N) is 1.